The number of nitrogens with one attached hydrogen (secondary N) is 1. The van der Waals surface area contributed by atoms with Crippen molar-refractivity contribution in [2.75, 3.05) is 6.54 Å². The minimum Gasteiger partial charge on any atom is -0.314 e. The first-order chi connectivity index (χ1) is 8.42. The molecule has 3 rings (SSSR count). The Morgan fingerprint density at radius 1 is 1.41 bits per heavy atom. The third kappa shape index (κ3) is 2.64. The summed E-state index contributed by atoms with van der Waals surface area (Å²) >= 11 is 1.81. The largest absolute Gasteiger partial charge is 0.314 e. The third-order valence-corrected chi connectivity index (χ3v) is 4.45. The zero-order chi connectivity index (χ0) is 11.5. The number of piperidine rings is 1. The summed E-state index contributed by atoms with van der Waals surface area (Å²) in [6, 6.07) is 2.75. The first-order valence-corrected chi connectivity index (χ1v) is 7.16. The summed E-state index contributed by atoms with van der Waals surface area (Å²) < 4.78 is 1.26. The van der Waals surface area contributed by atoms with E-state index in [-0.39, 0.29) is 0 Å². The van der Waals surface area contributed by atoms with E-state index >= 15 is 0 Å². The number of fused-ring (bicyclic) bond motifs is 1. The predicted octanol–water partition coefficient (Wildman–Crippen LogP) is 2.77. The van der Waals surface area contributed by atoms with Gasteiger partial charge < -0.3 is 5.32 Å². The lowest BCUT2D eigenvalue weighted by atomic mass is 10.0. The lowest BCUT2D eigenvalue weighted by Crippen LogP contribution is -2.34. The first-order valence-electron chi connectivity index (χ1n) is 6.34. The molecule has 90 valence electrons. The fourth-order valence-corrected chi connectivity index (χ4v) is 3.35. The summed E-state index contributed by atoms with van der Waals surface area (Å²) in [6.45, 7) is 1.19. The number of rotatable bonds is 3. The Kier molecular flexibility index (Phi) is 3.34. The molecule has 1 aliphatic rings. The molecule has 0 aliphatic carbocycles. The lowest BCUT2D eigenvalue weighted by molar-refractivity contribution is 0.383. The van der Waals surface area contributed by atoms with E-state index in [1.807, 2.05) is 12.4 Å². The summed E-state index contributed by atoms with van der Waals surface area (Å²) in [6.07, 6.45) is 10.0. The number of aryl methyl sites for hydroxylation is 1. The molecule has 1 N–H and O–H groups in total. The van der Waals surface area contributed by atoms with Crippen molar-refractivity contribution >= 4 is 21.6 Å². The fourth-order valence-electron chi connectivity index (χ4n) is 2.40. The summed E-state index contributed by atoms with van der Waals surface area (Å²) in [4.78, 5) is 8.73. The van der Waals surface area contributed by atoms with Crippen molar-refractivity contribution < 1.29 is 0 Å². The number of nitrogens with zero attached hydrogens (tertiary/aromatic N) is 2. The highest BCUT2D eigenvalue weighted by Crippen LogP contribution is 2.22. The number of hydrogen-bond acceptors (Lipinski definition) is 4. The molecule has 17 heavy (non-hydrogen) atoms. The Morgan fingerprint density at radius 2 is 2.41 bits per heavy atom. The maximum atomic E-state index is 4.63. The number of hydrogen-bond donors (Lipinski definition) is 1. The van der Waals surface area contributed by atoms with Crippen LogP contribution in [0.15, 0.2) is 18.5 Å². The quantitative estimate of drug-likeness (QED) is 0.906. The van der Waals surface area contributed by atoms with E-state index in [4.69, 9.17) is 0 Å². The first kappa shape index (κ1) is 11.1. The maximum absolute atomic E-state index is 4.63. The molecule has 0 spiro atoms. The average Bonchev–Trinajstić information content (AvgIpc) is 2.80. The van der Waals surface area contributed by atoms with Crippen LogP contribution in [0.2, 0.25) is 0 Å². The predicted molar refractivity (Wildman–Crippen MR) is 71.4 cm³/mol. The smallest absolute Gasteiger partial charge is 0.0998 e. The van der Waals surface area contributed by atoms with Gasteiger partial charge in [0.25, 0.3) is 0 Å². The van der Waals surface area contributed by atoms with Gasteiger partial charge in [-0.3, -0.25) is 4.98 Å². The summed E-state index contributed by atoms with van der Waals surface area (Å²) in [7, 11) is 0. The van der Waals surface area contributed by atoms with Crippen molar-refractivity contribution in [2.24, 2.45) is 0 Å². The normalized spacial score (nSPS) is 20.8. The molecule has 0 bridgehead atoms. The van der Waals surface area contributed by atoms with Crippen LogP contribution in [0.3, 0.4) is 0 Å². The average molecular weight is 247 g/mol. The van der Waals surface area contributed by atoms with Crippen LogP contribution in [-0.4, -0.2) is 22.6 Å². The van der Waals surface area contributed by atoms with Gasteiger partial charge in [0.05, 0.1) is 21.4 Å². The number of thiazole rings is 1. The van der Waals surface area contributed by atoms with Gasteiger partial charge in [-0.1, -0.05) is 6.42 Å². The highest BCUT2D eigenvalue weighted by Gasteiger charge is 2.13. The highest BCUT2D eigenvalue weighted by molar-refractivity contribution is 7.18. The zero-order valence-electron chi connectivity index (χ0n) is 9.85. The van der Waals surface area contributed by atoms with Gasteiger partial charge in [-0.2, -0.15) is 0 Å². The van der Waals surface area contributed by atoms with Crippen LogP contribution >= 0.6 is 11.3 Å². The van der Waals surface area contributed by atoms with Crippen molar-refractivity contribution in [1.29, 1.82) is 0 Å². The van der Waals surface area contributed by atoms with Crippen LogP contribution in [-0.2, 0) is 6.42 Å². The van der Waals surface area contributed by atoms with Crippen LogP contribution in [0.5, 0.6) is 0 Å². The molecule has 1 aliphatic heterocycles. The molecular weight excluding hydrogens is 230 g/mol. The molecule has 0 aromatic carbocycles. The topological polar surface area (TPSA) is 37.8 Å². The Balaban J connectivity index is 1.64. The van der Waals surface area contributed by atoms with Crippen molar-refractivity contribution in [3.63, 3.8) is 0 Å². The molecule has 2 aromatic heterocycles. The SMILES string of the molecule is c1cc2sc(CCC3CCCCN3)nc2cn1. The van der Waals surface area contributed by atoms with Crippen LogP contribution in [0, 0.1) is 0 Å². The molecule has 3 nitrogen and oxygen atoms in total. The zero-order valence-corrected chi connectivity index (χ0v) is 10.7. The van der Waals surface area contributed by atoms with Crippen molar-refractivity contribution in [2.45, 2.75) is 38.1 Å². The molecular formula is C13H17N3S. The van der Waals surface area contributed by atoms with E-state index in [0.717, 1.165) is 11.9 Å². The maximum Gasteiger partial charge on any atom is 0.0998 e. The Labute approximate surface area is 105 Å². The van der Waals surface area contributed by atoms with Gasteiger partial charge in [0.1, 0.15) is 0 Å². The van der Waals surface area contributed by atoms with E-state index in [2.05, 4.69) is 21.4 Å². The van der Waals surface area contributed by atoms with Gasteiger partial charge in [-0.15, -0.1) is 11.3 Å². The molecule has 1 unspecified atom stereocenters. The van der Waals surface area contributed by atoms with Gasteiger partial charge >= 0.3 is 0 Å². The molecule has 3 heterocycles. The highest BCUT2D eigenvalue weighted by atomic mass is 32.1. The van der Waals surface area contributed by atoms with E-state index < -0.39 is 0 Å². The van der Waals surface area contributed by atoms with Crippen molar-refractivity contribution in [3.05, 3.63) is 23.5 Å². The van der Waals surface area contributed by atoms with E-state index in [1.54, 1.807) is 11.3 Å². The molecule has 1 saturated heterocycles. The summed E-state index contributed by atoms with van der Waals surface area (Å²) in [5.41, 5.74) is 1.05. The second-order valence-corrected chi connectivity index (χ2v) is 5.75. The minimum absolute atomic E-state index is 0.703. The van der Waals surface area contributed by atoms with Crippen molar-refractivity contribution in [1.82, 2.24) is 15.3 Å². The number of pyridine rings is 1. The van der Waals surface area contributed by atoms with Gasteiger partial charge in [0, 0.05) is 18.7 Å². The molecule has 0 radical (unpaired) electrons. The van der Waals surface area contributed by atoms with Crippen LogP contribution in [0.4, 0.5) is 0 Å². The molecule has 1 fully saturated rings. The van der Waals surface area contributed by atoms with Crippen LogP contribution in [0.25, 0.3) is 10.2 Å². The second-order valence-electron chi connectivity index (χ2n) is 4.64. The fraction of sp³-hybridized carbons (Fsp3) is 0.538. The van der Waals surface area contributed by atoms with Crippen molar-refractivity contribution in [3.8, 4) is 0 Å². The monoisotopic (exact) mass is 247 g/mol. The van der Waals surface area contributed by atoms with Crippen LogP contribution < -0.4 is 5.32 Å². The van der Waals surface area contributed by atoms with E-state index in [1.165, 1.54) is 41.9 Å². The Bertz CT molecular complexity index is 455. The van der Waals surface area contributed by atoms with Crippen LogP contribution in [0.1, 0.15) is 30.7 Å². The molecule has 0 amide bonds. The van der Waals surface area contributed by atoms with Gasteiger partial charge in [0.2, 0.25) is 0 Å². The van der Waals surface area contributed by atoms with Gasteiger partial charge in [-0.25, -0.2) is 4.98 Å². The summed E-state index contributed by atoms with van der Waals surface area (Å²) in [5.74, 6) is 0. The minimum atomic E-state index is 0.703. The molecule has 4 heteroatoms. The van der Waals surface area contributed by atoms with Gasteiger partial charge in [-0.05, 0) is 31.9 Å². The third-order valence-electron chi connectivity index (χ3n) is 3.35. The summed E-state index contributed by atoms with van der Waals surface area (Å²) in [5, 5.41) is 4.84. The van der Waals surface area contributed by atoms with E-state index in [0.29, 0.717) is 6.04 Å². The number of aromatic nitrogens is 2. The second kappa shape index (κ2) is 5.10. The Morgan fingerprint density at radius 3 is 3.24 bits per heavy atom. The lowest BCUT2D eigenvalue weighted by Gasteiger charge is -2.22. The van der Waals surface area contributed by atoms with E-state index in [9.17, 15) is 0 Å². The molecule has 1 atom stereocenters. The van der Waals surface area contributed by atoms with Gasteiger partial charge in [0.15, 0.2) is 0 Å². The standard InChI is InChI=1S/C13H17N3S/c1-2-7-15-10(3-1)4-5-13-16-11-9-14-8-6-12(11)17-13/h6,8-10,15H,1-5,7H2. The molecule has 0 saturated carbocycles. The molecule has 2 aromatic rings. The Hall–Kier alpha value is -1.00.